The Labute approximate surface area is 138 Å². The molecule has 2 rings (SSSR count). The lowest BCUT2D eigenvalue weighted by Gasteiger charge is -2.32. The van der Waals surface area contributed by atoms with Crippen LogP contribution >= 0.6 is 0 Å². The number of piperidine rings is 1. The summed E-state index contributed by atoms with van der Waals surface area (Å²) in [5.41, 5.74) is -0.0706. The maximum Gasteiger partial charge on any atom is 0.290 e. The third-order valence-corrected chi connectivity index (χ3v) is 4.66. The minimum absolute atomic E-state index is 0.0706. The van der Waals surface area contributed by atoms with Crippen LogP contribution < -0.4 is 5.32 Å². The monoisotopic (exact) mass is 327 g/mol. The van der Waals surface area contributed by atoms with Crippen LogP contribution in [0.3, 0.4) is 0 Å². The first-order chi connectivity index (χ1) is 10.8. The number of nitrogens with one attached hydrogen (secondary N) is 1. The maximum atomic E-state index is 11.9. The van der Waals surface area contributed by atoms with E-state index >= 15 is 0 Å². The van der Waals surface area contributed by atoms with Crippen molar-refractivity contribution in [1.82, 2.24) is 15.1 Å². The number of amides is 2. The summed E-state index contributed by atoms with van der Waals surface area (Å²) in [5, 5.41) is 9.98. The fourth-order valence-electron chi connectivity index (χ4n) is 2.55. The van der Waals surface area contributed by atoms with Crippen molar-refractivity contribution < 1.29 is 19.5 Å². The topological polar surface area (TPSA) is 90.0 Å². The molecule has 1 heterocycles. The van der Waals surface area contributed by atoms with Crippen molar-refractivity contribution >= 4 is 18.3 Å². The molecule has 1 saturated heterocycles. The first kappa shape index (κ1) is 19.4. The van der Waals surface area contributed by atoms with Crippen LogP contribution in [0.4, 0.5) is 0 Å². The summed E-state index contributed by atoms with van der Waals surface area (Å²) in [4.78, 5) is 35.7. The number of hydrogen-bond acceptors (Lipinski definition) is 4. The Bertz CT molecular complexity index is 414. The molecule has 0 radical (unpaired) electrons. The van der Waals surface area contributed by atoms with Crippen LogP contribution in [0.15, 0.2) is 0 Å². The zero-order chi connectivity index (χ0) is 17.5. The van der Waals surface area contributed by atoms with E-state index in [9.17, 15) is 9.59 Å². The molecule has 2 fully saturated rings. The Morgan fingerprint density at radius 1 is 1.30 bits per heavy atom. The summed E-state index contributed by atoms with van der Waals surface area (Å²) in [6, 6.07) is 0. The summed E-state index contributed by atoms with van der Waals surface area (Å²) in [6.07, 6.45) is 4.20. The van der Waals surface area contributed by atoms with E-state index in [0.29, 0.717) is 12.5 Å². The van der Waals surface area contributed by atoms with Crippen molar-refractivity contribution in [3.63, 3.8) is 0 Å². The predicted octanol–water partition coefficient (Wildman–Crippen LogP) is 0.404. The second kappa shape index (κ2) is 8.86. The molecule has 2 N–H and O–H groups in total. The molecule has 0 aromatic carbocycles. The normalized spacial score (nSPS) is 20.0. The van der Waals surface area contributed by atoms with Crippen LogP contribution in [0.5, 0.6) is 0 Å². The van der Waals surface area contributed by atoms with Crippen molar-refractivity contribution in [2.24, 2.45) is 11.3 Å². The Morgan fingerprint density at radius 3 is 2.26 bits per heavy atom. The van der Waals surface area contributed by atoms with E-state index in [1.165, 1.54) is 0 Å². The molecule has 0 bridgehead atoms. The zero-order valence-corrected chi connectivity index (χ0v) is 14.4. The molecule has 1 aliphatic carbocycles. The number of nitrogens with zero attached hydrogens (tertiary/aromatic N) is 2. The van der Waals surface area contributed by atoms with Gasteiger partial charge in [-0.3, -0.25) is 19.3 Å². The Balaban J connectivity index is 0.000000816. The van der Waals surface area contributed by atoms with Crippen LogP contribution in [0.1, 0.15) is 32.6 Å². The number of carbonyl (C=O) groups excluding carboxylic acids is 2. The van der Waals surface area contributed by atoms with Gasteiger partial charge in [0.1, 0.15) is 0 Å². The third-order valence-electron chi connectivity index (χ3n) is 4.66. The van der Waals surface area contributed by atoms with Crippen LogP contribution in [-0.2, 0) is 14.4 Å². The Kier molecular flexibility index (Phi) is 7.48. The van der Waals surface area contributed by atoms with Gasteiger partial charge in [0, 0.05) is 26.1 Å². The second-order valence-corrected chi connectivity index (χ2v) is 6.88. The molecule has 1 aliphatic heterocycles. The third kappa shape index (κ3) is 6.56. The fourth-order valence-corrected chi connectivity index (χ4v) is 2.55. The average Bonchev–Trinajstić information content (AvgIpc) is 3.26. The van der Waals surface area contributed by atoms with E-state index in [-0.39, 0.29) is 23.7 Å². The molecule has 2 aliphatic rings. The zero-order valence-electron chi connectivity index (χ0n) is 14.4. The van der Waals surface area contributed by atoms with Crippen LogP contribution in [0.2, 0.25) is 0 Å². The molecule has 1 saturated carbocycles. The molecule has 0 aromatic rings. The highest BCUT2D eigenvalue weighted by Gasteiger charge is 2.44. The molecule has 132 valence electrons. The highest BCUT2D eigenvalue weighted by atomic mass is 16.3. The van der Waals surface area contributed by atoms with Gasteiger partial charge >= 0.3 is 0 Å². The SMILES string of the molecule is CN(C)C(=O)CN1CCC(CNC(=O)C2(C)CC2)CC1.O=CO. The smallest absolute Gasteiger partial charge is 0.290 e. The molecular formula is C16H29N3O4. The van der Waals surface area contributed by atoms with E-state index in [1.807, 2.05) is 6.92 Å². The number of hydrogen-bond donors (Lipinski definition) is 2. The number of rotatable bonds is 5. The van der Waals surface area contributed by atoms with Gasteiger partial charge < -0.3 is 15.3 Å². The van der Waals surface area contributed by atoms with Gasteiger partial charge in [-0.15, -0.1) is 0 Å². The fraction of sp³-hybridized carbons (Fsp3) is 0.812. The Morgan fingerprint density at radius 2 is 1.83 bits per heavy atom. The van der Waals surface area contributed by atoms with E-state index in [0.717, 1.165) is 45.3 Å². The van der Waals surface area contributed by atoms with E-state index in [1.54, 1.807) is 19.0 Å². The quantitative estimate of drug-likeness (QED) is 0.714. The van der Waals surface area contributed by atoms with Gasteiger partial charge in [-0.2, -0.15) is 0 Å². The molecule has 0 unspecified atom stereocenters. The van der Waals surface area contributed by atoms with Crippen molar-refractivity contribution in [2.45, 2.75) is 32.6 Å². The number of carbonyl (C=O) groups is 3. The van der Waals surface area contributed by atoms with E-state index < -0.39 is 0 Å². The first-order valence-corrected chi connectivity index (χ1v) is 8.11. The summed E-state index contributed by atoms with van der Waals surface area (Å²) in [7, 11) is 3.59. The molecule has 7 heteroatoms. The van der Waals surface area contributed by atoms with Gasteiger partial charge in [-0.05, 0) is 44.7 Å². The molecule has 0 aromatic heterocycles. The van der Waals surface area contributed by atoms with Crippen LogP contribution in [0, 0.1) is 11.3 Å². The molecule has 7 nitrogen and oxygen atoms in total. The molecule has 23 heavy (non-hydrogen) atoms. The number of likely N-dealkylation sites (tertiary alicyclic amines) is 1. The standard InChI is InChI=1S/C15H27N3O2.CH2O2/c1-15(6-7-15)14(20)16-10-12-4-8-18(9-5-12)11-13(19)17(2)3;2-1-3/h12H,4-11H2,1-3H3,(H,16,20);1H,(H,2,3). The highest BCUT2D eigenvalue weighted by Crippen LogP contribution is 2.45. The summed E-state index contributed by atoms with van der Waals surface area (Å²) in [6.45, 7) is 5.01. The number of carboxylic acid groups (broad SMARTS) is 1. The number of likely N-dealkylation sites (N-methyl/N-ethyl adjacent to an activating group) is 1. The van der Waals surface area contributed by atoms with Crippen molar-refractivity contribution in [2.75, 3.05) is 40.3 Å². The van der Waals surface area contributed by atoms with E-state index in [2.05, 4.69) is 10.2 Å². The lowest BCUT2D eigenvalue weighted by molar-refractivity contribution is -0.130. The van der Waals surface area contributed by atoms with Crippen LogP contribution in [-0.4, -0.2) is 73.5 Å². The molecule has 0 spiro atoms. The van der Waals surface area contributed by atoms with Crippen molar-refractivity contribution in [1.29, 1.82) is 0 Å². The average molecular weight is 327 g/mol. The highest BCUT2D eigenvalue weighted by molar-refractivity contribution is 5.84. The maximum absolute atomic E-state index is 11.9. The van der Waals surface area contributed by atoms with Crippen LogP contribution in [0.25, 0.3) is 0 Å². The lowest BCUT2D eigenvalue weighted by atomic mass is 9.96. The largest absolute Gasteiger partial charge is 0.483 e. The van der Waals surface area contributed by atoms with E-state index in [4.69, 9.17) is 9.90 Å². The van der Waals surface area contributed by atoms with Gasteiger partial charge in [0.15, 0.2) is 0 Å². The first-order valence-electron chi connectivity index (χ1n) is 8.11. The summed E-state index contributed by atoms with van der Waals surface area (Å²) in [5.74, 6) is 0.952. The minimum atomic E-state index is -0.250. The van der Waals surface area contributed by atoms with Gasteiger partial charge in [0.05, 0.1) is 6.54 Å². The van der Waals surface area contributed by atoms with Gasteiger partial charge in [-0.25, -0.2) is 0 Å². The minimum Gasteiger partial charge on any atom is -0.483 e. The van der Waals surface area contributed by atoms with Gasteiger partial charge in [0.25, 0.3) is 6.47 Å². The summed E-state index contributed by atoms with van der Waals surface area (Å²) < 4.78 is 0. The van der Waals surface area contributed by atoms with Crippen molar-refractivity contribution in [3.8, 4) is 0 Å². The summed E-state index contributed by atoms with van der Waals surface area (Å²) >= 11 is 0. The van der Waals surface area contributed by atoms with Gasteiger partial charge in [-0.1, -0.05) is 6.92 Å². The lowest BCUT2D eigenvalue weighted by Crippen LogP contribution is -2.43. The molecule has 2 amide bonds. The Hall–Kier alpha value is -1.63. The molecular weight excluding hydrogens is 298 g/mol. The van der Waals surface area contributed by atoms with Crippen molar-refractivity contribution in [3.05, 3.63) is 0 Å². The predicted molar refractivity (Wildman–Crippen MR) is 86.9 cm³/mol. The van der Waals surface area contributed by atoms with Gasteiger partial charge in [0.2, 0.25) is 11.8 Å². The second-order valence-electron chi connectivity index (χ2n) is 6.88. The molecule has 0 atom stereocenters.